The van der Waals surface area contributed by atoms with E-state index in [0.717, 1.165) is 10.9 Å². The zero-order chi connectivity index (χ0) is 19.2. The van der Waals surface area contributed by atoms with Gasteiger partial charge in [0.05, 0.1) is 6.61 Å². The predicted octanol–water partition coefficient (Wildman–Crippen LogP) is 3.13. The van der Waals surface area contributed by atoms with E-state index in [9.17, 15) is 9.59 Å². The zero-order valence-corrected chi connectivity index (χ0v) is 15.3. The van der Waals surface area contributed by atoms with Gasteiger partial charge >= 0.3 is 11.9 Å². The fourth-order valence-corrected chi connectivity index (χ4v) is 2.86. The summed E-state index contributed by atoms with van der Waals surface area (Å²) in [4.78, 5) is 22.3. The molecular weight excluding hydrogens is 348 g/mol. The Morgan fingerprint density at radius 2 is 1.78 bits per heavy atom. The molecule has 0 aromatic heterocycles. The summed E-state index contributed by atoms with van der Waals surface area (Å²) in [7, 11) is 0. The van der Waals surface area contributed by atoms with Crippen LogP contribution in [0, 0.1) is 0 Å². The molecule has 0 saturated heterocycles. The molecular formula is C21H22O6. The largest absolute Gasteiger partial charge is 0.463 e. The van der Waals surface area contributed by atoms with E-state index in [4.69, 9.17) is 18.9 Å². The van der Waals surface area contributed by atoms with Crippen LogP contribution in [-0.2, 0) is 35.1 Å². The minimum absolute atomic E-state index is 0.0204. The van der Waals surface area contributed by atoms with Gasteiger partial charge in [0, 0.05) is 13.8 Å². The van der Waals surface area contributed by atoms with Gasteiger partial charge in [0.25, 0.3) is 0 Å². The van der Waals surface area contributed by atoms with Crippen LogP contribution in [0.15, 0.2) is 54.6 Å². The second-order valence-corrected chi connectivity index (χ2v) is 6.30. The van der Waals surface area contributed by atoms with Crippen LogP contribution in [0.25, 0.3) is 10.8 Å². The highest BCUT2D eigenvalue weighted by atomic mass is 16.7. The van der Waals surface area contributed by atoms with Crippen molar-refractivity contribution in [2.45, 2.75) is 39.0 Å². The molecule has 6 heteroatoms. The molecule has 3 atom stereocenters. The van der Waals surface area contributed by atoms with Crippen LogP contribution < -0.4 is 0 Å². The molecule has 0 saturated carbocycles. The molecule has 2 aromatic rings. The molecule has 0 spiro atoms. The molecule has 0 unspecified atom stereocenters. The molecule has 0 fully saturated rings. The third-order valence-electron chi connectivity index (χ3n) is 4.11. The van der Waals surface area contributed by atoms with Crippen molar-refractivity contribution in [2.24, 2.45) is 0 Å². The van der Waals surface area contributed by atoms with Crippen LogP contribution >= 0.6 is 0 Å². The maximum Gasteiger partial charge on any atom is 0.303 e. The lowest BCUT2D eigenvalue weighted by atomic mass is 10.1. The van der Waals surface area contributed by atoms with Gasteiger partial charge < -0.3 is 18.9 Å². The molecule has 0 radical (unpaired) electrons. The van der Waals surface area contributed by atoms with Gasteiger partial charge in [-0.25, -0.2) is 0 Å². The average Bonchev–Trinajstić information content (AvgIpc) is 2.65. The Kier molecular flexibility index (Phi) is 6.21. The van der Waals surface area contributed by atoms with Crippen molar-refractivity contribution in [2.75, 3.05) is 6.61 Å². The Morgan fingerprint density at radius 3 is 2.52 bits per heavy atom. The lowest BCUT2D eigenvalue weighted by Crippen LogP contribution is -2.42. The number of carbonyl (C=O) groups is 2. The Balaban J connectivity index is 1.63. The quantitative estimate of drug-likeness (QED) is 0.575. The molecule has 3 rings (SSSR count). The monoisotopic (exact) mass is 370 g/mol. The van der Waals surface area contributed by atoms with Gasteiger partial charge in [-0.2, -0.15) is 0 Å². The first-order chi connectivity index (χ1) is 13.0. The summed E-state index contributed by atoms with van der Waals surface area (Å²) in [6.45, 7) is 2.97. The maximum absolute atomic E-state index is 11.2. The minimum Gasteiger partial charge on any atom is -0.463 e. The number of benzene rings is 2. The van der Waals surface area contributed by atoms with E-state index < -0.39 is 30.4 Å². The van der Waals surface area contributed by atoms with Gasteiger partial charge in [0.15, 0.2) is 6.29 Å². The van der Waals surface area contributed by atoms with Crippen molar-refractivity contribution in [3.63, 3.8) is 0 Å². The Bertz CT molecular complexity index is 843. The maximum atomic E-state index is 11.2. The number of ether oxygens (including phenoxy) is 4. The predicted molar refractivity (Wildman–Crippen MR) is 98.7 cm³/mol. The Labute approximate surface area is 157 Å². The molecule has 1 heterocycles. The van der Waals surface area contributed by atoms with Crippen LogP contribution in [0.3, 0.4) is 0 Å². The SMILES string of the molecule is CC(=O)OC[C@H]1O[C@H](OCc2ccc3ccccc3c2)C=C[C@@H]1OC(C)=O. The van der Waals surface area contributed by atoms with Gasteiger partial charge in [-0.15, -0.1) is 0 Å². The van der Waals surface area contributed by atoms with Gasteiger partial charge in [-0.05, 0) is 34.6 Å². The van der Waals surface area contributed by atoms with Crippen LogP contribution in [0.4, 0.5) is 0 Å². The number of rotatable bonds is 6. The highest BCUT2D eigenvalue weighted by Gasteiger charge is 2.31. The van der Waals surface area contributed by atoms with E-state index in [0.29, 0.717) is 6.61 Å². The third-order valence-corrected chi connectivity index (χ3v) is 4.11. The van der Waals surface area contributed by atoms with Crippen molar-refractivity contribution in [1.29, 1.82) is 0 Å². The fourth-order valence-electron chi connectivity index (χ4n) is 2.86. The fraction of sp³-hybridized carbons (Fsp3) is 0.333. The van der Waals surface area contributed by atoms with E-state index >= 15 is 0 Å². The molecule has 27 heavy (non-hydrogen) atoms. The molecule has 1 aliphatic rings. The molecule has 1 aliphatic heterocycles. The number of fused-ring (bicyclic) bond motifs is 1. The Hall–Kier alpha value is -2.70. The molecule has 2 aromatic carbocycles. The van der Waals surface area contributed by atoms with Crippen molar-refractivity contribution >= 4 is 22.7 Å². The second kappa shape index (κ2) is 8.79. The molecule has 142 valence electrons. The first-order valence-electron chi connectivity index (χ1n) is 8.75. The van der Waals surface area contributed by atoms with Crippen LogP contribution in [0.2, 0.25) is 0 Å². The lowest BCUT2D eigenvalue weighted by molar-refractivity contribution is -0.200. The van der Waals surface area contributed by atoms with E-state index in [1.807, 2.05) is 24.3 Å². The van der Waals surface area contributed by atoms with Crippen LogP contribution in [0.1, 0.15) is 19.4 Å². The van der Waals surface area contributed by atoms with Gasteiger partial charge in [-0.3, -0.25) is 9.59 Å². The standard InChI is InChI=1S/C21H22O6/c1-14(22)24-13-20-19(26-15(2)23)9-10-21(27-20)25-12-16-7-8-17-5-3-4-6-18(17)11-16/h3-11,19-21H,12-13H2,1-2H3/t19-,20+,21-/m0/s1. The summed E-state index contributed by atoms with van der Waals surface area (Å²) in [5.74, 6) is -0.861. The van der Waals surface area contributed by atoms with Gasteiger partial charge in [-0.1, -0.05) is 36.4 Å². The first kappa shape index (κ1) is 19.1. The minimum atomic E-state index is -0.623. The van der Waals surface area contributed by atoms with Crippen LogP contribution in [0.5, 0.6) is 0 Å². The summed E-state index contributed by atoms with van der Waals surface area (Å²) in [5, 5.41) is 2.31. The smallest absolute Gasteiger partial charge is 0.303 e. The highest BCUT2D eigenvalue weighted by Crippen LogP contribution is 2.20. The van der Waals surface area contributed by atoms with E-state index in [-0.39, 0.29) is 6.61 Å². The summed E-state index contributed by atoms with van der Waals surface area (Å²) < 4.78 is 21.8. The number of carbonyl (C=O) groups excluding carboxylic acids is 2. The summed E-state index contributed by atoms with van der Waals surface area (Å²) in [6.07, 6.45) is 1.53. The molecule has 0 aliphatic carbocycles. The highest BCUT2D eigenvalue weighted by molar-refractivity contribution is 5.82. The van der Waals surface area contributed by atoms with E-state index in [1.54, 1.807) is 12.2 Å². The van der Waals surface area contributed by atoms with Crippen molar-refractivity contribution in [1.82, 2.24) is 0 Å². The lowest BCUT2D eigenvalue weighted by Gasteiger charge is -2.31. The normalized spacial score (nSPS) is 21.8. The van der Waals surface area contributed by atoms with E-state index in [2.05, 4.69) is 18.2 Å². The van der Waals surface area contributed by atoms with Crippen molar-refractivity contribution in [3.05, 3.63) is 60.2 Å². The number of hydrogen-bond acceptors (Lipinski definition) is 6. The van der Waals surface area contributed by atoms with Gasteiger partial charge in [0.2, 0.25) is 0 Å². The zero-order valence-electron chi connectivity index (χ0n) is 15.3. The second-order valence-electron chi connectivity index (χ2n) is 6.30. The molecule has 0 bridgehead atoms. The van der Waals surface area contributed by atoms with Crippen molar-refractivity contribution < 1.29 is 28.5 Å². The Morgan fingerprint density at radius 1 is 1.00 bits per heavy atom. The topological polar surface area (TPSA) is 71.1 Å². The van der Waals surface area contributed by atoms with Crippen molar-refractivity contribution in [3.8, 4) is 0 Å². The summed E-state index contributed by atoms with van der Waals surface area (Å²) in [6, 6.07) is 14.2. The number of esters is 2. The summed E-state index contributed by atoms with van der Waals surface area (Å²) in [5.41, 5.74) is 1.02. The van der Waals surface area contributed by atoms with E-state index in [1.165, 1.54) is 19.2 Å². The van der Waals surface area contributed by atoms with Gasteiger partial charge in [0.1, 0.15) is 18.8 Å². The molecule has 0 N–H and O–H groups in total. The third kappa shape index (κ3) is 5.39. The first-order valence-corrected chi connectivity index (χ1v) is 8.75. The summed E-state index contributed by atoms with van der Waals surface area (Å²) >= 11 is 0. The molecule has 6 nitrogen and oxygen atoms in total. The molecule has 0 amide bonds. The average molecular weight is 370 g/mol. The van der Waals surface area contributed by atoms with Crippen LogP contribution in [-0.4, -0.2) is 37.0 Å². The number of hydrogen-bond donors (Lipinski definition) is 0.